The minimum absolute atomic E-state index is 0.129. The molecular formula is C14H17F. The number of rotatable bonds is 3. The summed E-state index contributed by atoms with van der Waals surface area (Å²) in [6.07, 6.45) is 2.81. The lowest BCUT2D eigenvalue weighted by molar-refractivity contribution is 0.616. The molecule has 0 aliphatic heterocycles. The summed E-state index contributed by atoms with van der Waals surface area (Å²) >= 11 is 0. The van der Waals surface area contributed by atoms with Crippen LogP contribution in [-0.4, -0.2) is 0 Å². The highest BCUT2D eigenvalue weighted by molar-refractivity contribution is 5.28. The van der Waals surface area contributed by atoms with Crippen LogP contribution in [0.5, 0.6) is 0 Å². The fraction of sp³-hybridized carbons (Fsp3) is 0.286. The van der Waals surface area contributed by atoms with Crippen LogP contribution < -0.4 is 0 Å². The molecule has 0 saturated carbocycles. The highest BCUT2D eigenvalue weighted by Crippen LogP contribution is 2.13. The Bertz CT molecular complexity index is 400. The van der Waals surface area contributed by atoms with Crippen LogP contribution in [0, 0.1) is 12.7 Å². The Balaban J connectivity index is 2.82. The van der Waals surface area contributed by atoms with Gasteiger partial charge in [-0.2, -0.15) is 0 Å². The van der Waals surface area contributed by atoms with Gasteiger partial charge in [-0.05, 0) is 44.4 Å². The number of allylic oxidation sites excluding steroid dienone is 3. The molecule has 0 aliphatic carbocycles. The third-order valence-electron chi connectivity index (χ3n) is 2.21. The van der Waals surface area contributed by atoms with Gasteiger partial charge in [0.1, 0.15) is 5.82 Å². The van der Waals surface area contributed by atoms with Gasteiger partial charge in [0.05, 0.1) is 0 Å². The van der Waals surface area contributed by atoms with Crippen molar-refractivity contribution in [2.75, 3.05) is 0 Å². The molecule has 0 fully saturated rings. The van der Waals surface area contributed by atoms with Gasteiger partial charge in [-0.1, -0.05) is 35.9 Å². The fourth-order valence-electron chi connectivity index (χ4n) is 1.54. The number of aryl methyl sites for hydroxylation is 1. The first kappa shape index (κ1) is 11.7. The first-order valence-corrected chi connectivity index (χ1v) is 5.07. The zero-order chi connectivity index (χ0) is 11.4. The molecular weight excluding hydrogens is 187 g/mol. The van der Waals surface area contributed by atoms with E-state index in [9.17, 15) is 4.39 Å². The SMILES string of the molecule is C=C(C)C=C(C)Cc1ccc(C)c(F)c1. The van der Waals surface area contributed by atoms with Crippen molar-refractivity contribution < 1.29 is 4.39 Å². The van der Waals surface area contributed by atoms with E-state index < -0.39 is 0 Å². The van der Waals surface area contributed by atoms with E-state index in [0.29, 0.717) is 5.56 Å². The zero-order valence-electron chi connectivity index (χ0n) is 9.60. The second-order valence-corrected chi connectivity index (χ2v) is 4.10. The molecule has 0 aliphatic rings. The van der Waals surface area contributed by atoms with Crippen LogP contribution in [0.4, 0.5) is 4.39 Å². The van der Waals surface area contributed by atoms with E-state index in [-0.39, 0.29) is 5.82 Å². The monoisotopic (exact) mass is 204 g/mol. The summed E-state index contributed by atoms with van der Waals surface area (Å²) < 4.78 is 13.3. The van der Waals surface area contributed by atoms with Gasteiger partial charge in [0.15, 0.2) is 0 Å². The molecule has 15 heavy (non-hydrogen) atoms. The zero-order valence-corrected chi connectivity index (χ0v) is 9.60. The summed E-state index contributed by atoms with van der Waals surface area (Å²) in [6.45, 7) is 9.58. The van der Waals surface area contributed by atoms with Gasteiger partial charge in [0.25, 0.3) is 0 Å². The Hall–Kier alpha value is -1.37. The molecule has 0 nitrogen and oxygen atoms in total. The minimum Gasteiger partial charge on any atom is -0.207 e. The van der Waals surface area contributed by atoms with Crippen LogP contribution in [0.25, 0.3) is 0 Å². The molecule has 0 unspecified atom stereocenters. The van der Waals surface area contributed by atoms with E-state index in [2.05, 4.69) is 6.58 Å². The summed E-state index contributed by atoms with van der Waals surface area (Å²) in [6, 6.07) is 5.39. The summed E-state index contributed by atoms with van der Waals surface area (Å²) in [5.74, 6) is -0.129. The summed E-state index contributed by atoms with van der Waals surface area (Å²) in [5, 5.41) is 0. The lowest BCUT2D eigenvalue weighted by atomic mass is 10.0. The van der Waals surface area contributed by atoms with Crippen molar-refractivity contribution in [3.8, 4) is 0 Å². The molecule has 0 saturated heterocycles. The highest BCUT2D eigenvalue weighted by atomic mass is 19.1. The van der Waals surface area contributed by atoms with E-state index in [1.807, 2.05) is 32.1 Å². The van der Waals surface area contributed by atoms with Crippen molar-refractivity contribution in [2.45, 2.75) is 27.2 Å². The average molecular weight is 204 g/mol. The molecule has 80 valence electrons. The van der Waals surface area contributed by atoms with E-state index in [0.717, 1.165) is 17.6 Å². The predicted octanol–water partition coefficient (Wildman–Crippen LogP) is 4.20. The van der Waals surface area contributed by atoms with Crippen LogP contribution >= 0.6 is 0 Å². The normalized spacial score (nSPS) is 11.6. The molecule has 1 heteroatoms. The molecule has 0 radical (unpaired) electrons. The van der Waals surface area contributed by atoms with Gasteiger partial charge < -0.3 is 0 Å². The second kappa shape index (κ2) is 4.92. The summed E-state index contributed by atoms with van der Waals surface area (Å²) in [4.78, 5) is 0. The topological polar surface area (TPSA) is 0 Å². The Kier molecular flexibility index (Phi) is 3.84. The second-order valence-electron chi connectivity index (χ2n) is 4.10. The summed E-state index contributed by atoms with van der Waals surface area (Å²) in [5.41, 5.74) is 3.93. The van der Waals surface area contributed by atoms with Gasteiger partial charge in [-0.3, -0.25) is 0 Å². The molecule has 0 heterocycles. The van der Waals surface area contributed by atoms with Crippen LogP contribution in [0.2, 0.25) is 0 Å². The van der Waals surface area contributed by atoms with Gasteiger partial charge >= 0.3 is 0 Å². The van der Waals surface area contributed by atoms with Gasteiger partial charge in [0, 0.05) is 0 Å². The quantitative estimate of drug-likeness (QED) is 0.647. The Morgan fingerprint density at radius 1 is 1.40 bits per heavy atom. The van der Waals surface area contributed by atoms with Crippen molar-refractivity contribution in [1.29, 1.82) is 0 Å². The van der Waals surface area contributed by atoms with Gasteiger partial charge in [0.2, 0.25) is 0 Å². The molecule has 0 spiro atoms. The van der Waals surface area contributed by atoms with Crippen molar-refractivity contribution in [3.05, 3.63) is 58.9 Å². The van der Waals surface area contributed by atoms with E-state index in [1.165, 1.54) is 5.57 Å². The van der Waals surface area contributed by atoms with Crippen LogP contribution in [0.15, 0.2) is 42.0 Å². The van der Waals surface area contributed by atoms with Crippen LogP contribution in [0.1, 0.15) is 25.0 Å². The third-order valence-corrected chi connectivity index (χ3v) is 2.21. The Morgan fingerprint density at radius 3 is 2.60 bits per heavy atom. The maximum Gasteiger partial charge on any atom is 0.126 e. The Labute approximate surface area is 91.1 Å². The molecule has 1 rings (SSSR count). The Morgan fingerprint density at radius 2 is 2.07 bits per heavy atom. The molecule has 0 N–H and O–H groups in total. The lowest BCUT2D eigenvalue weighted by Crippen LogP contribution is -1.90. The highest BCUT2D eigenvalue weighted by Gasteiger charge is 2.00. The smallest absolute Gasteiger partial charge is 0.126 e. The van der Waals surface area contributed by atoms with Gasteiger partial charge in [-0.15, -0.1) is 0 Å². The van der Waals surface area contributed by atoms with E-state index >= 15 is 0 Å². The molecule has 1 aromatic carbocycles. The standard InChI is InChI=1S/C14H17F/c1-10(2)7-11(3)8-13-6-5-12(4)14(15)9-13/h5-7,9H,1,8H2,2-4H3. The van der Waals surface area contributed by atoms with Crippen molar-refractivity contribution >= 4 is 0 Å². The molecule has 0 aromatic heterocycles. The largest absolute Gasteiger partial charge is 0.207 e. The van der Waals surface area contributed by atoms with E-state index in [4.69, 9.17) is 0 Å². The van der Waals surface area contributed by atoms with Crippen LogP contribution in [0.3, 0.4) is 0 Å². The van der Waals surface area contributed by atoms with Crippen molar-refractivity contribution in [2.24, 2.45) is 0 Å². The minimum atomic E-state index is -0.129. The molecule has 0 bridgehead atoms. The maximum absolute atomic E-state index is 13.3. The van der Waals surface area contributed by atoms with Crippen LogP contribution in [-0.2, 0) is 6.42 Å². The number of hydrogen-bond donors (Lipinski definition) is 0. The first-order valence-electron chi connectivity index (χ1n) is 5.07. The van der Waals surface area contributed by atoms with Crippen molar-refractivity contribution in [1.82, 2.24) is 0 Å². The lowest BCUT2D eigenvalue weighted by Gasteiger charge is -2.04. The van der Waals surface area contributed by atoms with Crippen molar-refractivity contribution in [3.63, 3.8) is 0 Å². The summed E-state index contributed by atoms with van der Waals surface area (Å²) in [7, 11) is 0. The molecule has 1 aromatic rings. The predicted molar refractivity (Wildman–Crippen MR) is 63.4 cm³/mol. The third kappa shape index (κ3) is 3.70. The van der Waals surface area contributed by atoms with Gasteiger partial charge in [-0.25, -0.2) is 4.39 Å². The molecule has 0 atom stereocenters. The number of halogens is 1. The average Bonchev–Trinajstić information content (AvgIpc) is 2.10. The number of hydrogen-bond acceptors (Lipinski definition) is 0. The number of benzene rings is 1. The first-order chi connectivity index (χ1) is 6.99. The van der Waals surface area contributed by atoms with E-state index in [1.54, 1.807) is 13.0 Å². The maximum atomic E-state index is 13.3. The fourth-order valence-corrected chi connectivity index (χ4v) is 1.54. The molecule has 0 amide bonds.